The summed E-state index contributed by atoms with van der Waals surface area (Å²) in [7, 11) is 0. The number of hydrogen-bond donors (Lipinski definition) is 0. The van der Waals surface area contributed by atoms with Crippen molar-refractivity contribution >= 4 is 5.78 Å². The van der Waals surface area contributed by atoms with E-state index < -0.39 is 17.6 Å². The summed E-state index contributed by atoms with van der Waals surface area (Å²) in [5.41, 5.74) is -1.34. The molecule has 20 heavy (non-hydrogen) atoms. The van der Waals surface area contributed by atoms with Gasteiger partial charge >= 0.3 is 6.18 Å². The molecule has 1 unspecified atom stereocenters. The largest absolute Gasteiger partial charge is 0.494 e. The standard InChI is InChI=1S/C14H14F4O2/c15-12-5-4-10(8-11(12)14(16,17)18)20-7-6-9-2-1-3-13(9)19/h4-5,8-9H,1-3,6-7H2. The number of Topliss-reactive ketones (excluding diaryl/α,β-unsaturated/α-hetero) is 1. The van der Waals surface area contributed by atoms with E-state index in [9.17, 15) is 22.4 Å². The van der Waals surface area contributed by atoms with Crippen LogP contribution in [0.1, 0.15) is 31.2 Å². The van der Waals surface area contributed by atoms with E-state index in [4.69, 9.17) is 4.74 Å². The quantitative estimate of drug-likeness (QED) is 0.784. The third-order valence-corrected chi connectivity index (χ3v) is 3.41. The summed E-state index contributed by atoms with van der Waals surface area (Å²) in [4.78, 5) is 11.4. The molecule has 0 bridgehead atoms. The first-order valence-electron chi connectivity index (χ1n) is 6.40. The van der Waals surface area contributed by atoms with Crippen LogP contribution >= 0.6 is 0 Å². The van der Waals surface area contributed by atoms with Crippen molar-refractivity contribution in [2.45, 2.75) is 31.9 Å². The maximum atomic E-state index is 13.1. The summed E-state index contributed by atoms with van der Waals surface area (Å²) in [6.07, 6.45) is -2.03. The number of halogens is 4. The van der Waals surface area contributed by atoms with Crippen LogP contribution in [0.5, 0.6) is 5.75 Å². The van der Waals surface area contributed by atoms with Crippen molar-refractivity contribution in [2.24, 2.45) is 5.92 Å². The van der Waals surface area contributed by atoms with Gasteiger partial charge in [-0.05, 0) is 37.5 Å². The molecule has 0 aromatic heterocycles. The van der Waals surface area contributed by atoms with Gasteiger partial charge in [-0.1, -0.05) is 0 Å². The highest BCUT2D eigenvalue weighted by molar-refractivity contribution is 5.82. The summed E-state index contributed by atoms with van der Waals surface area (Å²) >= 11 is 0. The number of alkyl halides is 3. The van der Waals surface area contributed by atoms with Gasteiger partial charge in [-0.15, -0.1) is 0 Å². The Bertz CT molecular complexity index is 496. The Kier molecular flexibility index (Phi) is 4.30. The number of benzene rings is 1. The Hall–Kier alpha value is -1.59. The topological polar surface area (TPSA) is 26.3 Å². The predicted molar refractivity (Wildman–Crippen MR) is 63.9 cm³/mol. The fourth-order valence-electron chi connectivity index (χ4n) is 2.32. The highest BCUT2D eigenvalue weighted by atomic mass is 19.4. The Morgan fingerprint density at radius 1 is 1.30 bits per heavy atom. The maximum Gasteiger partial charge on any atom is 0.419 e. The molecule has 1 saturated carbocycles. The molecule has 0 N–H and O–H groups in total. The fraction of sp³-hybridized carbons (Fsp3) is 0.500. The van der Waals surface area contributed by atoms with Crippen molar-refractivity contribution in [3.8, 4) is 5.75 Å². The van der Waals surface area contributed by atoms with Crippen LogP contribution in [0.15, 0.2) is 18.2 Å². The van der Waals surface area contributed by atoms with Gasteiger partial charge in [-0.3, -0.25) is 4.79 Å². The highest BCUT2D eigenvalue weighted by Crippen LogP contribution is 2.33. The minimum absolute atomic E-state index is 0.0378. The molecule has 0 heterocycles. The Labute approximate surface area is 113 Å². The Balaban J connectivity index is 1.95. The molecule has 0 aliphatic heterocycles. The van der Waals surface area contributed by atoms with Gasteiger partial charge in [-0.2, -0.15) is 13.2 Å². The summed E-state index contributed by atoms with van der Waals surface area (Å²) in [6.45, 7) is 0.152. The number of ether oxygens (including phenoxy) is 1. The first-order chi connectivity index (χ1) is 9.38. The average molecular weight is 290 g/mol. The molecule has 0 saturated heterocycles. The number of carbonyl (C=O) groups is 1. The minimum Gasteiger partial charge on any atom is -0.494 e. The lowest BCUT2D eigenvalue weighted by Gasteiger charge is -2.12. The van der Waals surface area contributed by atoms with Crippen molar-refractivity contribution in [3.63, 3.8) is 0 Å². The molecule has 0 spiro atoms. The second-order valence-corrected chi connectivity index (χ2v) is 4.83. The lowest BCUT2D eigenvalue weighted by molar-refractivity contribution is -0.140. The zero-order valence-electron chi connectivity index (χ0n) is 10.7. The number of carbonyl (C=O) groups excluding carboxylic acids is 1. The smallest absolute Gasteiger partial charge is 0.419 e. The van der Waals surface area contributed by atoms with Gasteiger partial charge in [0, 0.05) is 12.3 Å². The molecular weight excluding hydrogens is 276 g/mol. The van der Waals surface area contributed by atoms with Crippen LogP contribution < -0.4 is 4.74 Å². The van der Waals surface area contributed by atoms with Crippen LogP contribution in [-0.2, 0) is 11.0 Å². The van der Waals surface area contributed by atoms with Gasteiger partial charge in [0.15, 0.2) is 0 Å². The summed E-state index contributed by atoms with van der Waals surface area (Å²) in [6, 6.07) is 2.53. The van der Waals surface area contributed by atoms with Gasteiger partial charge in [-0.25, -0.2) is 4.39 Å². The van der Waals surface area contributed by atoms with E-state index in [-0.39, 0.29) is 24.1 Å². The maximum absolute atomic E-state index is 13.1. The van der Waals surface area contributed by atoms with Crippen molar-refractivity contribution in [1.29, 1.82) is 0 Å². The van der Waals surface area contributed by atoms with Gasteiger partial charge in [0.25, 0.3) is 0 Å². The van der Waals surface area contributed by atoms with Crippen molar-refractivity contribution in [2.75, 3.05) is 6.61 Å². The van der Waals surface area contributed by atoms with Crippen molar-refractivity contribution in [3.05, 3.63) is 29.6 Å². The molecule has 6 heteroatoms. The molecule has 110 valence electrons. The van der Waals surface area contributed by atoms with E-state index in [1.807, 2.05) is 0 Å². The van der Waals surface area contributed by atoms with E-state index in [0.29, 0.717) is 18.9 Å². The molecule has 1 aliphatic carbocycles. The lowest BCUT2D eigenvalue weighted by Crippen LogP contribution is -2.12. The van der Waals surface area contributed by atoms with Crippen LogP contribution in [0.25, 0.3) is 0 Å². The van der Waals surface area contributed by atoms with Crippen LogP contribution in [-0.4, -0.2) is 12.4 Å². The molecule has 0 radical (unpaired) electrons. The van der Waals surface area contributed by atoms with E-state index in [2.05, 4.69) is 0 Å². The van der Waals surface area contributed by atoms with Crippen LogP contribution in [0.4, 0.5) is 17.6 Å². The van der Waals surface area contributed by atoms with Gasteiger partial charge in [0.2, 0.25) is 0 Å². The van der Waals surface area contributed by atoms with Gasteiger partial charge in [0.1, 0.15) is 17.3 Å². The molecule has 2 rings (SSSR count). The highest BCUT2D eigenvalue weighted by Gasteiger charge is 2.34. The number of hydrogen-bond acceptors (Lipinski definition) is 2. The summed E-state index contributed by atoms with van der Waals surface area (Å²) < 4.78 is 55.8. The van der Waals surface area contributed by atoms with E-state index >= 15 is 0 Å². The van der Waals surface area contributed by atoms with E-state index in [1.165, 1.54) is 0 Å². The number of ketones is 1. The van der Waals surface area contributed by atoms with Crippen LogP contribution in [0, 0.1) is 11.7 Å². The molecule has 1 aromatic rings. The second kappa shape index (κ2) is 5.81. The zero-order chi connectivity index (χ0) is 14.8. The zero-order valence-corrected chi connectivity index (χ0v) is 10.7. The predicted octanol–water partition coefficient (Wildman–Crippen LogP) is 3.98. The molecule has 0 amide bonds. The SMILES string of the molecule is O=C1CCCC1CCOc1ccc(F)c(C(F)(F)F)c1. The number of rotatable bonds is 4. The summed E-state index contributed by atoms with van der Waals surface area (Å²) in [5.74, 6) is -1.23. The fourth-order valence-corrected chi connectivity index (χ4v) is 2.32. The monoisotopic (exact) mass is 290 g/mol. The Morgan fingerprint density at radius 3 is 2.65 bits per heavy atom. The van der Waals surface area contributed by atoms with Crippen molar-refractivity contribution < 1.29 is 27.1 Å². The molecular formula is C14H14F4O2. The summed E-state index contributed by atoms with van der Waals surface area (Å²) in [5, 5.41) is 0. The van der Waals surface area contributed by atoms with Crippen molar-refractivity contribution in [1.82, 2.24) is 0 Å². The van der Waals surface area contributed by atoms with E-state index in [1.54, 1.807) is 0 Å². The molecule has 1 fully saturated rings. The third-order valence-electron chi connectivity index (χ3n) is 3.41. The van der Waals surface area contributed by atoms with E-state index in [0.717, 1.165) is 25.0 Å². The molecule has 1 aromatic carbocycles. The first kappa shape index (κ1) is 14.8. The van der Waals surface area contributed by atoms with Gasteiger partial charge in [0.05, 0.1) is 12.2 Å². The first-order valence-corrected chi connectivity index (χ1v) is 6.40. The minimum atomic E-state index is -4.75. The lowest BCUT2D eigenvalue weighted by atomic mass is 10.0. The molecule has 1 atom stereocenters. The van der Waals surface area contributed by atoms with Crippen LogP contribution in [0.3, 0.4) is 0 Å². The van der Waals surface area contributed by atoms with Gasteiger partial charge < -0.3 is 4.74 Å². The Morgan fingerprint density at radius 2 is 2.05 bits per heavy atom. The average Bonchev–Trinajstić information content (AvgIpc) is 2.76. The second-order valence-electron chi connectivity index (χ2n) is 4.83. The third kappa shape index (κ3) is 3.49. The normalized spacial score (nSPS) is 19.4. The molecule has 2 nitrogen and oxygen atoms in total. The molecule has 1 aliphatic rings. The van der Waals surface area contributed by atoms with Crippen LogP contribution in [0.2, 0.25) is 0 Å².